The van der Waals surface area contributed by atoms with Crippen LogP contribution >= 0.6 is 0 Å². The molecular weight excluding hydrogens is 236 g/mol. The van der Waals surface area contributed by atoms with Gasteiger partial charge in [0.2, 0.25) is 0 Å². The molecule has 0 heterocycles. The molecule has 0 atom stereocenters. The van der Waals surface area contributed by atoms with E-state index in [-0.39, 0.29) is 12.5 Å². The number of hydrogen-bond donors (Lipinski definition) is 2. The van der Waals surface area contributed by atoms with E-state index in [1.54, 1.807) is 24.3 Å². The van der Waals surface area contributed by atoms with Crippen molar-refractivity contribution >= 4 is 11.7 Å². The number of benzene rings is 1. The summed E-state index contributed by atoms with van der Waals surface area (Å²) in [6.07, 6.45) is 0.450. The zero-order valence-electron chi connectivity index (χ0n) is 10.1. The Kier molecular flexibility index (Phi) is 5.66. The van der Waals surface area contributed by atoms with Gasteiger partial charge in [0, 0.05) is 13.0 Å². The third-order valence-corrected chi connectivity index (χ3v) is 2.31. The number of carbonyl (C=O) groups is 1. The summed E-state index contributed by atoms with van der Waals surface area (Å²) in [5.41, 5.74) is 6.27. The van der Waals surface area contributed by atoms with Crippen LogP contribution in [0, 0.1) is 0 Å². The van der Waals surface area contributed by atoms with Crippen LogP contribution in [0.1, 0.15) is 16.8 Å². The average molecular weight is 252 g/mol. The summed E-state index contributed by atoms with van der Waals surface area (Å²) in [5.74, 6) is 0.233. The molecule has 0 amide bonds. The summed E-state index contributed by atoms with van der Waals surface area (Å²) in [4.78, 5) is 11.2. The van der Waals surface area contributed by atoms with Crippen molar-refractivity contribution in [1.29, 1.82) is 0 Å². The highest BCUT2D eigenvalue weighted by atomic mass is 16.5. The molecular formula is C12H16N2O4. The Balaban J connectivity index is 2.47. The van der Waals surface area contributed by atoms with E-state index in [1.165, 1.54) is 7.11 Å². The van der Waals surface area contributed by atoms with Crippen LogP contribution in [-0.2, 0) is 4.74 Å². The maximum atomic E-state index is 11.2. The maximum absolute atomic E-state index is 11.2. The first kappa shape index (κ1) is 14.0. The van der Waals surface area contributed by atoms with Crippen LogP contribution in [0.3, 0.4) is 0 Å². The lowest BCUT2D eigenvalue weighted by Gasteiger charge is -2.06. The van der Waals surface area contributed by atoms with E-state index >= 15 is 0 Å². The van der Waals surface area contributed by atoms with Crippen molar-refractivity contribution in [2.45, 2.75) is 6.42 Å². The molecule has 0 saturated heterocycles. The van der Waals surface area contributed by atoms with Crippen LogP contribution in [0.25, 0.3) is 0 Å². The average Bonchev–Trinajstić information content (AvgIpc) is 2.43. The Morgan fingerprint density at radius 2 is 2.06 bits per heavy atom. The first-order valence-corrected chi connectivity index (χ1v) is 5.42. The smallest absolute Gasteiger partial charge is 0.337 e. The van der Waals surface area contributed by atoms with E-state index in [4.69, 9.17) is 15.7 Å². The number of carbonyl (C=O) groups excluding carboxylic acids is 1. The van der Waals surface area contributed by atoms with Gasteiger partial charge in [-0.25, -0.2) is 4.79 Å². The minimum absolute atomic E-state index is 0.196. The summed E-state index contributed by atoms with van der Waals surface area (Å²) in [5, 5.41) is 11.6. The van der Waals surface area contributed by atoms with Crippen LogP contribution in [0.4, 0.5) is 0 Å². The van der Waals surface area contributed by atoms with Gasteiger partial charge in [-0.15, -0.1) is 0 Å². The molecule has 6 nitrogen and oxygen atoms in total. The second-order valence-corrected chi connectivity index (χ2v) is 3.48. The van der Waals surface area contributed by atoms with Gasteiger partial charge >= 0.3 is 5.97 Å². The fourth-order valence-electron chi connectivity index (χ4n) is 1.28. The summed E-state index contributed by atoms with van der Waals surface area (Å²) < 4.78 is 9.99. The summed E-state index contributed by atoms with van der Waals surface area (Å²) in [6, 6.07) is 6.57. The number of rotatable bonds is 6. The molecule has 0 bridgehead atoms. The topological polar surface area (TPSA) is 94.1 Å². The highest BCUT2D eigenvalue weighted by Crippen LogP contribution is 2.13. The standard InChI is InChI=1S/C12H16N2O4/c1-17-12(15)9-2-4-11(5-3-9)18-7-6-10(8-13)14-16/h2-5,16H,6-8,13H2,1H3. The maximum Gasteiger partial charge on any atom is 0.337 e. The van der Waals surface area contributed by atoms with Gasteiger partial charge in [-0.2, -0.15) is 0 Å². The monoisotopic (exact) mass is 252 g/mol. The Morgan fingerprint density at radius 3 is 2.56 bits per heavy atom. The lowest BCUT2D eigenvalue weighted by atomic mass is 10.2. The van der Waals surface area contributed by atoms with Gasteiger partial charge in [0.05, 0.1) is 25.0 Å². The van der Waals surface area contributed by atoms with Crippen LogP contribution in [0.15, 0.2) is 29.4 Å². The molecule has 1 aromatic rings. The molecule has 3 N–H and O–H groups in total. The number of nitrogens with two attached hydrogens (primary N) is 1. The third kappa shape index (κ3) is 4.06. The minimum Gasteiger partial charge on any atom is -0.493 e. The van der Waals surface area contributed by atoms with Crippen molar-refractivity contribution in [1.82, 2.24) is 0 Å². The van der Waals surface area contributed by atoms with Gasteiger partial charge in [-0.3, -0.25) is 0 Å². The second-order valence-electron chi connectivity index (χ2n) is 3.48. The molecule has 0 aromatic heterocycles. The number of esters is 1. The van der Waals surface area contributed by atoms with Gasteiger partial charge in [-0.1, -0.05) is 5.16 Å². The van der Waals surface area contributed by atoms with E-state index in [2.05, 4.69) is 9.89 Å². The Bertz CT molecular complexity index is 415. The van der Waals surface area contributed by atoms with E-state index in [9.17, 15) is 4.79 Å². The van der Waals surface area contributed by atoms with Crippen molar-refractivity contribution in [3.63, 3.8) is 0 Å². The zero-order valence-corrected chi connectivity index (χ0v) is 10.1. The zero-order chi connectivity index (χ0) is 13.4. The summed E-state index contributed by atoms with van der Waals surface area (Å²) >= 11 is 0. The molecule has 0 aliphatic heterocycles. The minimum atomic E-state index is -0.389. The van der Waals surface area contributed by atoms with Gasteiger partial charge in [0.1, 0.15) is 5.75 Å². The number of nitrogens with zero attached hydrogens (tertiary/aromatic N) is 1. The molecule has 1 rings (SSSR count). The molecule has 0 spiro atoms. The lowest BCUT2D eigenvalue weighted by Crippen LogP contribution is -2.16. The summed E-state index contributed by atoms with van der Waals surface area (Å²) in [6.45, 7) is 0.551. The molecule has 6 heteroatoms. The predicted octanol–water partition coefficient (Wildman–Crippen LogP) is 1.03. The molecule has 0 saturated carbocycles. The van der Waals surface area contributed by atoms with E-state index in [1.807, 2.05) is 0 Å². The van der Waals surface area contributed by atoms with Crippen molar-refractivity contribution in [3.05, 3.63) is 29.8 Å². The number of hydrogen-bond acceptors (Lipinski definition) is 6. The normalized spacial score (nSPS) is 11.1. The third-order valence-electron chi connectivity index (χ3n) is 2.31. The van der Waals surface area contributed by atoms with Crippen molar-refractivity contribution in [2.75, 3.05) is 20.3 Å². The highest BCUT2D eigenvalue weighted by Gasteiger charge is 2.05. The molecule has 1 aromatic carbocycles. The van der Waals surface area contributed by atoms with E-state index in [0.717, 1.165) is 0 Å². The molecule has 0 radical (unpaired) electrons. The fourth-order valence-corrected chi connectivity index (χ4v) is 1.28. The molecule has 18 heavy (non-hydrogen) atoms. The summed E-state index contributed by atoms with van der Waals surface area (Å²) in [7, 11) is 1.33. The molecule has 0 aliphatic rings. The molecule has 0 unspecified atom stereocenters. The first-order valence-electron chi connectivity index (χ1n) is 5.42. The van der Waals surface area contributed by atoms with Crippen LogP contribution in [0.2, 0.25) is 0 Å². The highest BCUT2D eigenvalue weighted by molar-refractivity contribution is 5.89. The first-order chi connectivity index (χ1) is 8.71. The van der Waals surface area contributed by atoms with Crippen LogP contribution < -0.4 is 10.5 Å². The van der Waals surface area contributed by atoms with E-state index < -0.39 is 0 Å². The Labute approximate surface area is 105 Å². The second kappa shape index (κ2) is 7.29. The van der Waals surface area contributed by atoms with Crippen LogP contribution in [-0.4, -0.2) is 37.1 Å². The van der Waals surface area contributed by atoms with Crippen molar-refractivity contribution in [2.24, 2.45) is 10.9 Å². The lowest BCUT2D eigenvalue weighted by molar-refractivity contribution is 0.0600. The largest absolute Gasteiger partial charge is 0.493 e. The van der Waals surface area contributed by atoms with Gasteiger partial charge < -0.3 is 20.4 Å². The quantitative estimate of drug-likeness (QED) is 0.341. The number of oxime groups is 1. The number of ether oxygens (including phenoxy) is 2. The molecule has 0 aliphatic carbocycles. The van der Waals surface area contributed by atoms with Gasteiger partial charge in [-0.05, 0) is 24.3 Å². The van der Waals surface area contributed by atoms with Crippen molar-refractivity contribution in [3.8, 4) is 5.75 Å². The predicted molar refractivity (Wildman–Crippen MR) is 66.2 cm³/mol. The molecule has 0 fully saturated rings. The van der Waals surface area contributed by atoms with Crippen LogP contribution in [0.5, 0.6) is 5.75 Å². The van der Waals surface area contributed by atoms with E-state index in [0.29, 0.717) is 30.1 Å². The van der Waals surface area contributed by atoms with Gasteiger partial charge in [0.15, 0.2) is 0 Å². The number of methoxy groups -OCH3 is 1. The Hall–Kier alpha value is -2.08. The van der Waals surface area contributed by atoms with Gasteiger partial charge in [0.25, 0.3) is 0 Å². The molecule has 98 valence electrons. The Morgan fingerprint density at radius 1 is 1.39 bits per heavy atom. The SMILES string of the molecule is COC(=O)c1ccc(OCCC(CN)=NO)cc1. The fraction of sp³-hybridized carbons (Fsp3) is 0.333. The van der Waals surface area contributed by atoms with Crippen molar-refractivity contribution < 1.29 is 19.5 Å².